The minimum atomic E-state index is 0.0765. The third kappa shape index (κ3) is 1.57. The normalized spacial score (nSPS) is 36.6. The van der Waals surface area contributed by atoms with Crippen molar-refractivity contribution in [2.75, 3.05) is 0 Å². The van der Waals surface area contributed by atoms with E-state index in [0.717, 1.165) is 6.42 Å². The third-order valence-corrected chi connectivity index (χ3v) is 3.16. The lowest BCUT2D eigenvalue weighted by Crippen LogP contribution is -2.34. The molecule has 2 heteroatoms. The molecule has 1 aliphatic rings. The summed E-state index contributed by atoms with van der Waals surface area (Å²) in [6, 6.07) is 0. The second-order valence-corrected chi connectivity index (χ2v) is 3.87. The monoisotopic (exact) mass is 168 g/mol. The van der Waals surface area contributed by atoms with Crippen LogP contribution in [0.15, 0.2) is 0 Å². The highest BCUT2D eigenvalue weighted by molar-refractivity contribution is 5.86. The molecule has 0 aliphatic heterocycles. The molecule has 2 nitrogen and oxygen atoms in total. The Kier molecular flexibility index (Phi) is 2.65. The summed E-state index contributed by atoms with van der Waals surface area (Å²) < 4.78 is 0. The van der Waals surface area contributed by atoms with Crippen LogP contribution in [0.2, 0.25) is 0 Å². The van der Waals surface area contributed by atoms with Crippen molar-refractivity contribution in [1.82, 2.24) is 0 Å². The van der Waals surface area contributed by atoms with Crippen molar-refractivity contribution in [1.29, 1.82) is 0 Å². The molecule has 12 heavy (non-hydrogen) atoms. The smallest absolute Gasteiger partial charge is 0.136 e. The van der Waals surface area contributed by atoms with E-state index in [9.17, 15) is 9.59 Å². The lowest BCUT2D eigenvalue weighted by Gasteiger charge is -2.31. The molecule has 1 fully saturated rings. The zero-order valence-corrected chi connectivity index (χ0v) is 7.96. The van der Waals surface area contributed by atoms with E-state index in [2.05, 4.69) is 0 Å². The van der Waals surface area contributed by atoms with Crippen LogP contribution in [-0.4, -0.2) is 11.6 Å². The maximum atomic E-state index is 11.3. The fraction of sp³-hybridized carbons (Fsp3) is 0.800. The van der Waals surface area contributed by atoms with Crippen LogP contribution < -0.4 is 0 Å². The Hall–Kier alpha value is -0.660. The molecular weight excluding hydrogens is 152 g/mol. The number of Topliss-reactive ketones (excluding diaryl/α,β-unsaturated/α-hetero) is 2. The van der Waals surface area contributed by atoms with E-state index in [-0.39, 0.29) is 23.5 Å². The van der Waals surface area contributed by atoms with Gasteiger partial charge in [0.2, 0.25) is 0 Å². The first kappa shape index (κ1) is 9.43. The predicted octanol–water partition coefficient (Wildman–Crippen LogP) is 1.83. The van der Waals surface area contributed by atoms with Crippen LogP contribution in [-0.2, 0) is 9.59 Å². The average molecular weight is 168 g/mol. The molecule has 0 N–H and O–H groups in total. The molecule has 1 rings (SSSR count). The maximum Gasteiger partial charge on any atom is 0.136 e. The lowest BCUT2D eigenvalue weighted by atomic mass is 9.72. The van der Waals surface area contributed by atoms with Crippen LogP contribution in [0.25, 0.3) is 0 Å². The number of ketones is 2. The van der Waals surface area contributed by atoms with Crippen LogP contribution in [0.4, 0.5) is 0 Å². The van der Waals surface area contributed by atoms with Crippen molar-refractivity contribution in [2.24, 2.45) is 17.8 Å². The lowest BCUT2D eigenvalue weighted by molar-refractivity contribution is -0.132. The third-order valence-electron chi connectivity index (χ3n) is 3.16. The molecule has 1 saturated carbocycles. The van der Waals surface area contributed by atoms with Gasteiger partial charge >= 0.3 is 0 Å². The summed E-state index contributed by atoms with van der Waals surface area (Å²) >= 11 is 0. The van der Waals surface area contributed by atoms with Gasteiger partial charge in [0.1, 0.15) is 11.6 Å². The Morgan fingerprint density at radius 1 is 1.42 bits per heavy atom. The van der Waals surface area contributed by atoms with Crippen molar-refractivity contribution >= 4 is 11.6 Å². The quantitative estimate of drug-likeness (QED) is 0.598. The van der Waals surface area contributed by atoms with E-state index in [4.69, 9.17) is 0 Å². The standard InChI is InChI=1S/C10H16O2/c1-6-7(2)10(12)5-4-9(6)8(3)11/h6-7,9H,4-5H2,1-3H3. The van der Waals surface area contributed by atoms with Gasteiger partial charge in [-0.25, -0.2) is 0 Å². The summed E-state index contributed by atoms with van der Waals surface area (Å²) in [6.45, 7) is 5.57. The first-order valence-corrected chi connectivity index (χ1v) is 4.57. The van der Waals surface area contributed by atoms with Gasteiger partial charge in [0, 0.05) is 18.3 Å². The van der Waals surface area contributed by atoms with Gasteiger partial charge in [-0.1, -0.05) is 13.8 Å². The van der Waals surface area contributed by atoms with E-state index >= 15 is 0 Å². The molecule has 0 spiro atoms. The fourth-order valence-electron chi connectivity index (χ4n) is 2.00. The highest BCUT2D eigenvalue weighted by Crippen LogP contribution is 2.32. The topological polar surface area (TPSA) is 34.1 Å². The number of hydrogen-bond donors (Lipinski definition) is 0. The average Bonchev–Trinajstić information content (AvgIpc) is 2.00. The summed E-state index contributed by atoms with van der Waals surface area (Å²) in [4.78, 5) is 22.4. The summed E-state index contributed by atoms with van der Waals surface area (Å²) in [5.74, 6) is 0.996. The van der Waals surface area contributed by atoms with Crippen molar-refractivity contribution in [3.63, 3.8) is 0 Å². The summed E-state index contributed by atoms with van der Waals surface area (Å²) in [5, 5.41) is 0. The van der Waals surface area contributed by atoms with Crippen LogP contribution in [0, 0.1) is 17.8 Å². The second kappa shape index (κ2) is 3.38. The fourth-order valence-corrected chi connectivity index (χ4v) is 2.00. The number of hydrogen-bond acceptors (Lipinski definition) is 2. The van der Waals surface area contributed by atoms with Gasteiger partial charge in [-0.15, -0.1) is 0 Å². The Morgan fingerprint density at radius 3 is 2.50 bits per heavy atom. The van der Waals surface area contributed by atoms with Gasteiger partial charge in [0.15, 0.2) is 0 Å². The Bertz CT molecular complexity index is 208. The Balaban J connectivity index is 2.71. The van der Waals surface area contributed by atoms with Crippen LogP contribution in [0.5, 0.6) is 0 Å². The molecule has 1 aliphatic carbocycles. The largest absolute Gasteiger partial charge is 0.300 e. The molecule has 0 heterocycles. The second-order valence-electron chi connectivity index (χ2n) is 3.87. The van der Waals surface area contributed by atoms with Crippen molar-refractivity contribution in [3.8, 4) is 0 Å². The SMILES string of the molecule is CC(=O)C1CCC(=O)C(C)C1C. The van der Waals surface area contributed by atoms with Crippen molar-refractivity contribution in [2.45, 2.75) is 33.6 Å². The van der Waals surface area contributed by atoms with E-state index in [1.807, 2.05) is 13.8 Å². The van der Waals surface area contributed by atoms with Gasteiger partial charge in [-0.2, -0.15) is 0 Å². The predicted molar refractivity (Wildman–Crippen MR) is 46.7 cm³/mol. The van der Waals surface area contributed by atoms with Crippen LogP contribution in [0.1, 0.15) is 33.6 Å². The molecule has 0 aromatic heterocycles. The number of carbonyl (C=O) groups is 2. The van der Waals surface area contributed by atoms with E-state index in [0.29, 0.717) is 12.2 Å². The van der Waals surface area contributed by atoms with E-state index in [1.54, 1.807) is 6.92 Å². The van der Waals surface area contributed by atoms with Gasteiger partial charge < -0.3 is 0 Å². The number of rotatable bonds is 1. The molecule has 68 valence electrons. The van der Waals surface area contributed by atoms with Gasteiger partial charge in [-0.05, 0) is 19.3 Å². The highest BCUT2D eigenvalue weighted by atomic mass is 16.1. The molecule has 0 saturated heterocycles. The first-order chi connectivity index (χ1) is 5.54. The van der Waals surface area contributed by atoms with Gasteiger partial charge in [-0.3, -0.25) is 9.59 Å². The Labute approximate surface area is 73.3 Å². The van der Waals surface area contributed by atoms with Crippen LogP contribution >= 0.6 is 0 Å². The van der Waals surface area contributed by atoms with E-state index in [1.165, 1.54) is 0 Å². The first-order valence-electron chi connectivity index (χ1n) is 4.57. The van der Waals surface area contributed by atoms with Crippen LogP contribution in [0.3, 0.4) is 0 Å². The van der Waals surface area contributed by atoms with Gasteiger partial charge in [0.25, 0.3) is 0 Å². The minimum Gasteiger partial charge on any atom is -0.300 e. The zero-order chi connectivity index (χ0) is 9.30. The van der Waals surface area contributed by atoms with E-state index < -0.39 is 0 Å². The molecule has 0 aromatic rings. The summed E-state index contributed by atoms with van der Waals surface area (Å²) in [6.07, 6.45) is 1.36. The Morgan fingerprint density at radius 2 is 2.00 bits per heavy atom. The minimum absolute atomic E-state index is 0.0765. The maximum absolute atomic E-state index is 11.3. The zero-order valence-electron chi connectivity index (χ0n) is 7.96. The molecule has 0 aromatic carbocycles. The molecular formula is C10H16O2. The van der Waals surface area contributed by atoms with Crippen molar-refractivity contribution < 1.29 is 9.59 Å². The molecule has 3 unspecified atom stereocenters. The summed E-state index contributed by atoms with van der Waals surface area (Å²) in [7, 11) is 0. The number of carbonyl (C=O) groups excluding carboxylic acids is 2. The molecule has 3 atom stereocenters. The highest BCUT2D eigenvalue weighted by Gasteiger charge is 2.34. The summed E-state index contributed by atoms with van der Waals surface area (Å²) in [5.41, 5.74) is 0. The van der Waals surface area contributed by atoms with Gasteiger partial charge in [0.05, 0.1) is 0 Å². The molecule has 0 radical (unpaired) electrons. The molecule has 0 amide bonds. The van der Waals surface area contributed by atoms with Crippen molar-refractivity contribution in [3.05, 3.63) is 0 Å². The molecule has 0 bridgehead atoms.